The van der Waals surface area contributed by atoms with E-state index in [0.29, 0.717) is 5.56 Å². The van der Waals surface area contributed by atoms with Gasteiger partial charge in [-0.3, -0.25) is 4.90 Å². The van der Waals surface area contributed by atoms with Crippen LogP contribution in [0.4, 0.5) is 0 Å². The molecule has 0 amide bonds. The van der Waals surface area contributed by atoms with Gasteiger partial charge in [-0.15, -0.1) is 0 Å². The molecule has 1 aliphatic rings. The maximum absolute atomic E-state index is 10.7. The van der Waals surface area contributed by atoms with Crippen LogP contribution in [0.5, 0.6) is 0 Å². The van der Waals surface area contributed by atoms with Gasteiger partial charge in [0.2, 0.25) is 0 Å². The molecule has 3 heteroatoms. The first-order valence-electron chi connectivity index (χ1n) is 5.77. The molecule has 1 aliphatic carbocycles. The van der Waals surface area contributed by atoms with Crippen LogP contribution in [0.1, 0.15) is 35.7 Å². The largest absolute Gasteiger partial charge is 0.478 e. The fourth-order valence-electron chi connectivity index (χ4n) is 1.93. The van der Waals surface area contributed by atoms with E-state index in [1.54, 1.807) is 12.1 Å². The van der Waals surface area contributed by atoms with Gasteiger partial charge in [-0.2, -0.15) is 0 Å². The van der Waals surface area contributed by atoms with Gasteiger partial charge in [0, 0.05) is 12.6 Å². The van der Waals surface area contributed by atoms with Crippen molar-refractivity contribution < 1.29 is 9.90 Å². The molecule has 1 N–H and O–H groups in total. The Morgan fingerprint density at radius 3 is 2.44 bits per heavy atom. The van der Waals surface area contributed by atoms with E-state index in [2.05, 4.69) is 11.8 Å². The number of hydrogen-bond acceptors (Lipinski definition) is 2. The van der Waals surface area contributed by atoms with Crippen LogP contribution in [-0.4, -0.2) is 28.6 Å². The van der Waals surface area contributed by atoms with Gasteiger partial charge in [0.25, 0.3) is 0 Å². The van der Waals surface area contributed by atoms with E-state index in [1.165, 1.54) is 18.4 Å². The molecule has 1 aromatic rings. The summed E-state index contributed by atoms with van der Waals surface area (Å²) >= 11 is 0. The quantitative estimate of drug-likeness (QED) is 0.826. The number of hydrogen-bond donors (Lipinski definition) is 1. The zero-order chi connectivity index (χ0) is 11.5. The molecule has 0 spiro atoms. The molecule has 1 fully saturated rings. The van der Waals surface area contributed by atoms with E-state index in [1.807, 2.05) is 12.1 Å². The number of nitrogens with zero attached hydrogens (tertiary/aromatic N) is 1. The fourth-order valence-corrected chi connectivity index (χ4v) is 1.93. The number of aromatic carboxylic acids is 1. The van der Waals surface area contributed by atoms with Gasteiger partial charge >= 0.3 is 5.97 Å². The average molecular weight is 219 g/mol. The van der Waals surface area contributed by atoms with Gasteiger partial charge in [0.05, 0.1) is 5.56 Å². The van der Waals surface area contributed by atoms with Crippen LogP contribution >= 0.6 is 0 Å². The summed E-state index contributed by atoms with van der Waals surface area (Å²) < 4.78 is 0. The molecule has 16 heavy (non-hydrogen) atoms. The van der Waals surface area contributed by atoms with Crippen molar-refractivity contribution in [3.8, 4) is 0 Å². The van der Waals surface area contributed by atoms with E-state index >= 15 is 0 Å². The van der Waals surface area contributed by atoms with Crippen molar-refractivity contribution in [2.24, 2.45) is 0 Å². The Morgan fingerprint density at radius 1 is 1.38 bits per heavy atom. The lowest BCUT2D eigenvalue weighted by Gasteiger charge is -2.19. The van der Waals surface area contributed by atoms with Crippen molar-refractivity contribution in [2.45, 2.75) is 32.4 Å². The van der Waals surface area contributed by atoms with E-state index in [-0.39, 0.29) is 0 Å². The first-order valence-corrected chi connectivity index (χ1v) is 5.77. The molecule has 1 aromatic carbocycles. The highest BCUT2D eigenvalue weighted by Crippen LogP contribution is 2.27. The molecule has 1 saturated carbocycles. The first-order chi connectivity index (χ1) is 7.70. The maximum atomic E-state index is 10.7. The SMILES string of the molecule is CCN(Cc1ccc(C(=O)O)cc1)C1CC1. The third-order valence-electron chi connectivity index (χ3n) is 3.06. The van der Waals surface area contributed by atoms with Crippen molar-refractivity contribution in [1.29, 1.82) is 0 Å². The van der Waals surface area contributed by atoms with E-state index in [9.17, 15) is 4.79 Å². The summed E-state index contributed by atoms with van der Waals surface area (Å²) in [6, 6.07) is 7.93. The standard InChI is InChI=1S/C13H17NO2/c1-2-14(12-7-8-12)9-10-3-5-11(6-4-10)13(15)16/h3-6,12H,2,7-9H2,1H3,(H,15,16). The van der Waals surface area contributed by atoms with Crippen molar-refractivity contribution in [3.05, 3.63) is 35.4 Å². The van der Waals surface area contributed by atoms with Crippen LogP contribution in [0, 0.1) is 0 Å². The topological polar surface area (TPSA) is 40.5 Å². The van der Waals surface area contributed by atoms with Crippen molar-refractivity contribution in [3.63, 3.8) is 0 Å². The predicted octanol–water partition coefficient (Wildman–Crippen LogP) is 2.37. The van der Waals surface area contributed by atoms with E-state index in [4.69, 9.17) is 5.11 Å². The normalized spacial score (nSPS) is 15.4. The van der Waals surface area contributed by atoms with Crippen molar-refractivity contribution >= 4 is 5.97 Å². The van der Waals surface area contributed by atoms with Gasteiger partial charge < -0.3 is 5.11 Å². The Labute approximate surface area is 95.7 Å². The van der Waals surface area contributed by atoms with E-state index in [0.717, 1.165) is 19.1 Å². The molecule has 0 bridgehead atoms. The fraction of sp³-hybridized carbons (Fsp3) is 0.462. The van der Waals surface area contributed by atoms with Crippen molar-refractivity contribution in [1.82, 2.24) is 4.90 Å². The summed E-state index contributed by atoms with van der Waals surface area (Å²) in [5.41, 5.74) is 1.55. The monoisotopic (exact) mass is 219 g/mol. The van der Waals surface area contributed by atoms with Gasteiger partial charge in [-0.05, 0) is 37.1 Å². The van der Waals surface area contributed by atoms with E-state index < -0.39 is 5.97 Å². The summed E-state index contributed by atoms with van der Waals surface area (Å²) in [5, 5.41) is 8.79. The summed E-state index contributed by atoms with van der Waals surface area (Å²) in [6.45, 7) is 4.16. The van der Waals surface area contributed by atoms with Crippen LogP contribution in [0.2, 0.25) is 0 Å². The Balaban J connectivity index is 2.01. The Bertz CT molecular complexity index is 368. The summed E-state index contributed by atoms with van der Waals surface area (Å²) in [7, 11) is 0. The Morgan fingerprint density at radius 2 is 2.00 bits per heavy atom. The molecule has 86 valence electrons. The van der Waals surface area contributed by atoms with Gasteiger partial charge in [0.15, 0.2) is 0 Å². The minimum absolute atomic E-state index is 0.359. The molecule has 0 unspecified atom stereocenters. The van der Waals surface area contributed by atoms with Crippen molar-refractivity contribution in [2.75, 3.05) is 6.54 Å². The summed E-state index contributed by atoms with van der Waals surface area (Å²) in [4.78, 5) is 13.1. The smallest absolute Gasteiger partial charge is 0.335 e. The number of rotatable bonds is 5. The molecule has 0 saturated heterocycles. The lowest BCUT2D eigenvalue weighted by atomic mass is 10.1. The lowest BCUT2D eigenvalue weighted by Crippen LogP contribution is -2.24. The Kier molecular flexibility index (Phi) is 3.25. The zero-order valence-electron chi connectivity index (χ0n) is 9.52. The van der Waals surface area contributed by atoms with Crippen LogP contribution in [0.15, 0.2) is 24.3 Å². The molecule has 2 rings (SSSR count). The molecule has 0 atom stereocenters. The number of carbonyl (C=O) groups is 1. The first kappa shape index (κ1) is 11.1. The highest BCUT2D eigenvalue weighted by atomic mass is 16.4. The van der Waals surface area contributed by atoms with Gasteiger partial charge in [0.1, 0.15) is 0 Å². The van der Waals surface area contributed by atoms with Crippen LogP contribution < -0.4 is 0 Å². The average Bonchev–Trinajstić information content (AvgIpc) is 3.10. The molecule has 0 aliphatic heterocycles. The number of carboxylic acids is 1. The molecular formula is C13H17NO2. The minimum Gasteiger partial charge on any atom is -0.478 e. The second-order valence-electron chi connectivity index (χ2n) is 4.30. The number of benzene rings is 1. The Hall–Kier alpha value is -1.35. The summed E-state index contributed by atoms with van der Waals surface area (Å²) in [6.07, 6.45) is 2.61. The lowest BCUT2D eigenvalue weighted by molar-refractivity contribution is 0.0697. The maximum Gasteiger partial charge on any atom is 0.335 e. The third-order valence-corrected chi connectivity index (χ3v) is 3.06. The number of carboxylic acid groups (broad SMARTS) is 1. The highest BCUT2D eigenvalue weighted by Gasteiger charge is 2.27. The molecular weight excluding hydrogens is 202 g/mol. The second kappa shape index (κ2) is 4.66. The van der Waals surface area contributed by atoms with Gasteiger partial charge in [-0.25, -0.2) is 4.79 Å². The molecule has 0 radical (unpaired) electrons. The summed E-state index contributed by atoms with van der Waals surface area (Å²) in [5.74, 6) is -0.860. The van der Waals surface area contributed by atoms with Crippen LogP contribution in [0.25, 0.3) is 0 Å². The van der Waals surface area contributed by atoms with Crippen LogP contribution in [-0.2, 0) is 6.54 Å². The molecule has 0 heterocycles. The minimum atomic E-state index is -0.860. The zero-order valence-corrected chi connectivity index (χ0v) is 9.52. The predicted molar refractivity (Wildman–Crippen MR) is 62.5 cm³/mol. The molecule has 0 aromatic heterocycles. The van der Waals surface area contributed by atoms with Gasteiger partial charge in [-0.1, -0.05) is 19.1 Å². The van der Waals surface area contributed by atoms with Crippen LogP contribution in [0.3, 0.4) is 0 Å². The highest BCUT2D eigenvalue weighted by molar-refractivity contribution is 5.87. The third kappa shape index (κ3) is 2.61. The second-order valence-corrected chi connectivity index (χ2v) is 4.30. The molecule has 3 nitrogen and oxygen atoms in total.